The molecule has 0 saturated heterocycles. The molecular formula is C22H32O8S2. The Morgan fingerprint density at radius 3 is 2.22 bits per heavy atom. The van der Waals surface area contributed by atoms with E-state index in [4.69, 9.17) is 8.37 Å². The molecule has 1 spiro atoms. The van der Waals surface area contributed by atoms with E-state index in [9.17, 15) is 26.4 Å². The van der Waals surface area contributed by atoms with Gasteiger partial charge < -0.3 is 0 Å². The molecule has 0 heterocycles. The van der Waals surface area contributed by atoms with Gasteiger partial charge in [-0.1, -0.05) is 19.9 Å². The lowest BCUT2D eigenvalue weighted by molar-refractivity contribution is -0.197. The minimum Gasteiger partial charge on any atom is -0.299 e. The molecule has 5 aliphatic carbocycles. The van der Waals surface area contributed by atoms with E-state index in [0.29, 0.717) is 37.7 Å². The van der Waals surface area contributed by atoms with E-state index in [-0.39, 0.29) is 49.0 Å². The molecule has 180 valence electrons. The second-order valence-electron chi connectivity index (χ2n) is 10.7. The first-order chi connectivity index (χ1) is 14.6. The van der Waals surface area contributed by atoms with Crippen LogP contribution in [0.25, 0.3) is 0 Å². The van der Waals surface area contributed by atoms with Crippen molar-refractivity contribution in [3.05, 3.63) is 12.2 Å². The number of hydrogen-bond acceptors (Lipinski definition) is 8. The van der Waals surface area contributed by atoms with Crippen LogP contribution in [0.5, 0.6) is 0 Å². The fourth-order valence-electron chi connectivity index (χ4n) is 7.43. The molecular weight excluding hydrogens is 456 g/mol. The minimum atomic E-state index is -3.76. The predicted octanol–water partition coefficient (Wildman–Crippen LogP) is 2.25. The molecule has 8 nitrogen and oxygen atoms in total. The van der Waals surface area contributed by atoms with Gasteiger partial charge in [0.25, 0.3) is 20.2 Å². The third-order valence-corrected chi connectivity index (χ3v) is 9.93. The molecule has 0 radical (unpaired) electrons. The molecule has 6 atom stereocenters. The summed E-state index contributed by atoms with van der Waals surface area (Å²) in [6, 6.07) is 0. The molecule has 0 N–H and O–H groups in total. The zero-order valence-corrected chi connectivity index (χ0v) is 20.5. The highest BCUT2D eigenvalue weighted by molar-refractivity contribution is 7.86. The maximum Gasteiger partial charge on any atom is 0.264 e. The van der Waals surface area contributed by atoms with E-state index in [1.807, 2.05) is 6.92 Å². The first-order valence-electron chi connectivity index (χ1n) is 11.1. The molecule has 32 heavy (non-hydrogen) atoms. The highest BCUT2D eigenvalue weighted by Crippen LogP contribution is 2.70. The molecule has 2 unspecified atom stereocenters. The van der Waals surface area contributed by atoms with Crippen molar-refractivity contribution in [1.82, 2.24) is 0 Å². The number of allylic oxidation sites excluding steroid dienone is 1. The van der Waals surface area contributed by atoms with Gasteiger partial charge in [-0.3, -0.25) is 18.0 Å². The van der Waals surface area contributed by atoms with Crippen LogP contribution in [0.4, 0.5) is 0 Å². The smallest absolute Gasteiger partial charge is 0.264 e. The first kappa shape index (κ1) is 24.0. The van der Waals surface area contributed by atoms with Crippen LogP contribution in [0.15, 0.2) is 12.2 Å². The zero-order valence-electron chi connectivity index (χ0n) is 18.9. The van der Waals surface area contributed by atoms with E-state index in [0.717, 1.165) is 18.9 Å². The van der Waals surface area contributed by atoms with Crippen molar-refractivity contribution < 1.29 is 34.8 Å². The van der Waals surface area contributed by atoms with Gasteiger partial charge in [0.15, 0.2) is 5.78 Å². The van der Waals surface area contributed by atoms with Crippen LogP contribution in [0.3, 0.4) is 0 Å². The average molecular weight is 489 g/mol. The number of fused-ring (bicyclic) bond motifs is 3. The standard InChI is InChI=1S/C22H32O8S2/c1-14-15-6-9-22(19(14)24)17(10-15)21(13-30-32(4,27)28)8-5-7-20(2,12-29-31(3,25)26)16(21)11-18(22)23/h15-17H,1,5-13H2,2-4H3/t15-,16?,17?,20-,21-,22+/m0/s1. The molecule has 5 saturated carbocycles. The summed E-state index contributed by atoms with van der Waals surface area (Å²) >= 11 is 0. The van der Waals surface area contributed by atoms with Gasteiger partial charge in [0.2, 0.25) is 0 Å². The van der Waals surface area contributed by atoms with E-state index < -0.39 is 36.5 Å². The molecule has 5 rings (SSSR count). The van der Waals surface area contributed by atoms with Gasteiger partial charge in [-0.05, 0) is 60.8 Å². The summed E-state index contributed by atoms with van der Waals surface area (Å²) < 4.78 is 58.0. The van der Waals surface area contributed by atoms with Crippen molar-refractivity contribution in [3.8, 4) is 0 Å². The van der Waals surface area contributed by atoms with Crippen LogP contribution >= 0.6 is 0 Å². The summed E-state index contributed by atoms with van der Waals surface area (Å²) in [5.74, 6) is -1.03. The summed E-state index contributed by atoms with van der Waals surface area (Å²) in [6.45, 7) is 5.68. The van der Waals surface area contributed by atoms with Crippen LogP contribution in [0, 0.1) is 34.0 Å². The van der Waals surface area contributed by atoms with Crippen LogP contribution < -0.4 is 0 Å². The Morgan fingerprint density at radius 2 is 1.59 bits per heavy atom. The normalized spacial score (nSPS) is 42.0. The van der Waals surface area contributed by atoms with Gasteiger partial charge in [0, 0.05) is 11.8 Å². The Balaban J connectivity index is 1.83. The van der Waals surface area contributed by atoms with Crippen molar-refractivity contribution in [2.24, 2.45) is 34.0 Å². The molecule has 0 aliphatic heterocycles. The maximum absolute atomic E-state index is 13.7. The quantitative estimate of drug-likeness (QED) is 0.317. The molecule has 0 aromatic heterocycles. The number of carbonyl (C=O) groups is 2. The van der Waals surface area contributed by atoms with Gasteiger partial charge in [0.1, 0.15) is 5.78 Å². The van der Waals surface area contributed by atoms with Crippen LogP contribution in [0.2, 0.25) is 0 Å². The number of hydrogen-bond donors (Lipinski definition) is 0. The number of ketones is 2. The molecule has 0 amide bonds. The lowest BCUT2D eigenvalue weighted by atomic mass is 9.36. The van der Waals surface area contributed by atoms with Crippen molar-refractivity contribution in [3.63, 3.8) is 0 Å². The van der Waals surface area contributed by atoms with Crippen molar-refractivity contribution in [1.29, 1.82) is 0 Å². The predicted molar refractivity (Wildman–Crippen MR) is 117 cm³/mol. The second-order valence-corrected chi connectivity index (χ2v) is 14.0. The van der Waals surface area contributed by atoms with E-state index in [2.05, 4.69) is 6.58 Å². The van der Waals surface area contributed by atoms with Gasteiger partial charge in [0.05, 0.1) is 31.1 Å². The van der Waals surface area contributed by atoms with Crippen LogP contribution in [-0.2, 0) is 38.2 Å². The lowest BCUT2D eigenvalue weighted by Gasteiger charge is -2.66. The average Bonchev–Trinajstić information content (AvgIpc) is 2.69. The third-order valence-electron chi connectivity index (χ3n) is 8.84. The largest absolute Gasteiger partial charge is 0.299 e. The van der Waals surface area contributed by atoms with E-state index in [1.54, 1.807) is 0 Å². The summed E-state index contributed by atoms with van der Waals surface area (Å²) in [5, 5.41) is 0. The number of rotatable bonds is 6. The maximum atomic E-state index is 13.7. The topological polar surface area (TPSA) is 121 Å². The minimum absolute atomic E-state index is 0.0171. The monoisotopic (exact) mass is 488 g/mol. The van der Waals surface area contributed by atoms with Crippen molar-refractivity contribution in [2.45, 2.75) is 51.9 Å². The van der Waals surface area contributed by atoms with Gasteiger partial charge in [-0.25, -0.2) is 0 Å². The Morgan fingerprint density at radius 1 is 0.969 bits per heavy atom. The highest BCUT2D eigenvalue weighted by Gasteiger charge is 2.71. The summed E-state index contributed by atoms with van der Waals surface area (Å²) in [7, 11) is -7.45. The first-order valence-corrected chi connectivity index (χ1v) is 14.7. The Hall–Kier alpha value is -1.10. The zero-order chi connectivity index (χ0) is 23.7. The number of Topliss-reactive ketones (excluding diaryl/α,β-unsaturated/α-hetero) is 2. The van der Waals surface area contributed by atoms with Crippen LogP contribution in [0.1, 0.15) is 51.9 Å². The second kappa shape index (κ2) is 7.45. The Kier molecular flexibility index (Phi) is 5.60. The van der Waals surface area contributed by atoms with Crippen LogP contribution in [-0.4, -0.2) is 54.1 Å². The Labute approximate surface area is 190 Å². The van der Waals surface area contributed by atoms with E-state index >= 15 is 0 Å². The van der Waals surface area contributed by atoms with Gasteiger partial charge >= 0.3 is 0 Å². The fourth-order valence-corrected chi connectivity index (χ4v) is 8.35. The molecule has 0 aromatic rings. The number of carbonyl (C=O) groups excluding carboxylic acids is 2. The molecule has 5 aliphatic rings. The molecule has 10 heteroatoms. The van der Waals surface area contributed by atoms with E-state index in [1.165, 1.54) is 0 Å². The summed E-state index contributed by atoms with van der Waals surface area (Å²) in [5.41, 5.74) is -2.06. The Bertz CT molecular complexity index is 1080. The third kappa shape index (κ3) is 3.61. The van der Waals surface area contributed by atoms with Crippen molar-refractivity contribution in [2.75, 3.05) is 25.7 Å². The summed E-state index contributed by atoms with van der Waals surface area (Å²) in [6.07, 6.45) is 5.83. The highest BCUT2D eigenvalue weighted by atomic mass is 32.2. The molecule has 2 bridgehead atoms. The van der Waals surface area contributed by atoms with Gasteiger partial charge in [-0.2, -0.15) is 16.8 Å². The summed E-state index contributed by atoms with van der Waals surface area (Å²) in [4.78, 5) is 27.1. The lowest BCUT2D eigenvalue weighted by Crippen LogP contribution is -2.69. The molecule has 5 fully saturated rings. The SMILES string of the molecule is C=C1C(=O)[C@]23CC[C@H]1CC2[C@]1(COS(C)(=O)=O)CCC[C@@](C)(COS(C)(=O)=O)C1CC3=O. The fraction of sp³-hybridized carbons (Fsp3) is 0.818. The molecule has 0 aromatic carbocycles. The van der Waals surface area contributed by atoms with Gasteiger partial charge in [-0.15, -0.1) is 0 Å². The van der Waals surface area contributed by atoms with Crippen molar-refractivity contribution >= 4 is 31.8 Å².